The summed E-state index contributed by atoms with van der Waals surface area (Å²) in [5, 5.41) is 2.32. The molecule has 0 aliphatic rings. The maximum absolute atomic E-state index is 13.0. The number of para-hydroxylation sites is 1. The lowest BCUT2D eigenvalue weighted by atomic mass is 9.92. The van der Waals surface area contributed by atoms with Crippen molar-refractivity contribution in [3.05, 3.63) is 150 Å². The van der Waals surface area contributed by atoms with Crippen molar-refractivity contribution in [1.29, 1.82) is 0 Å². The molecule has 46 heavy (non-hydrogen) atoms. The zero-order chi connectivity index (χ0) is 31.2. The number of hydrogen-bond donors (Lipinski definition) is 0. The van der Waals surface area contributed by atoms with Gasteiger partial charge in [-0.2, -0.15) is 0 Å². The Morgan fingerprint density at radius 1 is 0.457 bits per heavy atom. The second-order valence-electron chi connectivity index (χ2n) is 11.4. The van der Waals surface area contributed by atoms with Gasteiger partial charge in [0.15, 0.2) is 17.5 Å². The highest BCUT2D eigenvalue weighted by Crippen LogP contribution is 2.37. The summed E-state index contributed by atoms with van der Waals surface area (Å²) in [6.45, 7) is 0. The highest BCUT2D eigenvalue weighted by molar-refractivity contribution is 6.00. The van der Waals surface area contributed by atoms with Crippen LogP contribution in [0, 0.1) is 0 Å². The highest BCUT2D eigenvalue weighted by atomic mass is 16.1. The predicted octanol–water partition coefficient (Wildman–Crippen LogP) is 8.55. The van der Waals surface area contributed by atoms with E-state index in [2.05, 4.69) is 66.7 Å². The third kappa shape index (κ3) is 4.68. The van der Waals surface area contributed by atoms with Crippen molar-refractivity contribution in [3.63, 3.8) is 0 Å². The maximum atomic E-state index is 13.0. The van der Waals surface area contributed by atoms with Crippen LogP contribution in [0.4, 0.5) is 0 Å². The summed E-state index contributed by atoms with van der Waals surface area (Å²) < 4.78 is 3.41. The number of rotatable bonds is 5. The molecule has 2 heterocycles. The number of imidazole rings is 1. The lowest BCUT2D eigenvalue weighted by molar-refractivity contribution is 0.795. The van der Waals surface area contributed by atoms with Gasteiger partial charge in [0.1, 0.15) is 0 Å². The fraction of sp³-hybridized carbons (Fsp3) is 0.0500. The largest absolute Gasteiger partial charge is 0.328 e. The van der Waals surface area contributed by atoms with Crippen molar-refractivity contribution in [1.82, 2.24) is 24.1 Å². The van der Waals surface area contributed by atoms with Gasteiger partial charge in [0.2, 0.25) is 0 Å². The minimum atomic E-state index is -0.0645. The number of aromatic nitrogens is 5. The average molecular weight is 596 g/mol. The lowest BCUT2D eigenvalue weighted by Gasteiger charge is -2.14. The Balaban J connectivity index is 1.43. The van der Waals surface area contributed by atoms with Gasteiger partial charge in [-0.05, 0) is 51.7 Å². The van der Waals surface area contributed by atoms with E-state index in [1.807, 2.05) is 86.9 Å². The quantitative estimate of drug-likeness (QED) is 0.200. The van der Waals surface area contributed by atoms with E-state index in [4.69, 9.17) is 15.0 Å². The van der Waals surface area contributed by atoms with Crippen LogP contribution in [0.5, 0.6) is 0 Å². The first kappa shape index (κ1) is 27.4. The minimum Gasteiger partial charge on any atom is -0.295 e. The van der Waals surface area contributed by atoms with Crippen LogP contribution in [-0.2, 0) is 14.1 Å². The molecule has 0 saturated heterocycles. The molecule has 0 aliphatic heterocycles. The number of benzene rings is 6. The fourth-order valence-corrected chi connectivity index (χ4v) is 6.29. The van der Waals surface area contributed by atoms with Crippen LogP contribution in [0.3, 0.4) is 0 Å². The van der Waals surface area contributed by atoms with Gasteiger partial charge in [-0.15, -0.1) is 0 Å². The van der Waals surface area contributed by atoms with Gasteiger partial charge in [0, 0.05) is 36.3 Å². The summed E-state index contributed by atoms with van der Waals surface area (Å²) in [6.07, 6.45) is 0. The molecule has 0 radical (unpaired) electrons. The van der Waals surface area contributed by atoms with Crippen molar-refractivity contribution < 1.29 is 0 Å². The van der Waals surface area contributed by atoms with E-state index in [0.29, 0.717) is 17.5 Å². The Morgan fingerprint density at radius 2 is 0.957 bits per heavy atom. The molecular weight excluding hydrogens is 566 g/mol. The zero-order valence-electron chi connectivity index (χ0n) is 25.4. The third-order valence-electron chi connectivity index (χ3n) is 8.59. The second-order valence-corrected chi connectivity index (χ2v) is 11.4. The van der Waals surface area contributed by atoms with E-state index >= 15 is 0 Å². The summed E-state index contributed by atoms with van der Waals surface area (Å²) in [7, 11) is 3.64. The second kappa shape index (κ2) is 11.1. The van der Waals surface area contributed by atoms with Crippen molar-refractivity contribution in [2.24, 2.45) is 14.1 Å². The van der Waals surface area contributed by atoms with E-state index in [0.717, 1.165) is 60.8 Å². The number of hydrogen-bond acceptors (Lipinski definition) is 4. The van der Waals surface area contributed by atoms with Crippen LogP contribution in [-0.4, -0.2) is 24.1 Å². The summed E-state index contributed by atoms with van der Waals surface area (Å²) in [5.41, 5.74) is 8.44. The van der Waals surface area contributed by atoms with Crippen LogP contribution in [0.15, 0.2) is 144 Å². The van der Waals surface area contributed by atoms with Crippen LogP contribution in [0.2, 0.25) is 0 Å². The number of aryl methyl sites for hydroxylation is 2. The molecule has 0 spiro atoms. The van der Waals surface area contributed by atoms with Crippen molar-refractivity contribution in [2.45, 2.75) is 0 Å². The van der Waals surface area contributed by atoms with Crippen molar-refractivity contribution in [2.75, 3.05) is 0 Å². The van der Waals surface area contributed by atoms with Gasteiger partial charge in [-0.3, -0.25) is 9.13 Å². The smallest absolute Gasteiger partial charge is 0.295 e. The van der Waals surface area contributed by atoms with Gasteiger partial charge in [0.05, 0.1) is 11.0 Å². The molecule has 0 fully saturated rings. The first-order valence-electron chi connectivity index (χ1n) is 15.2. The molecule has 6 nitrogen and oxygen atoms in total. The first-order valence-corrected chi connectivity index (χ1v) is 15.2. The Hall–Kier alpha value is -6.14. The zero-order valence-corrected chi connectivity index (χ0v) is 25.4. The molecule has 6 aromatic carbocycles. The predicted molar refractivity (Wildman–Crippen MR) is 186 cm³/mol. The van der Waals surface area contributed by atoms with Crippen molar-refractivity contribution in [3.8, 4) is 56.4 Å². The summed E-state index contributed by atoms with van der Waals surface area (Å²) in [6, 6.07) is 47.4. The monoisotopic (exact) mass is 595 g/mol. The topological polar surface area (TPSA) is 65.6 Å². The van der Waals surface area contributed by atoms with Crippen molar-refractivity contribution >= 4 is 21.8 Å². The molecular formula is C40H29N5O. The van der Waals surface area contributed by atoms with Gasteiger partial charge < -0.3 is 0 Å². The van der Waals surface area contributed by atoms with Gasteiger partial charge in [0.25, 0.3) is 0 Å². The van der Waals surface area contributed by atoms with E-state index in [-0.39, 0.29) is 5.69 Å². The molecule has 8 aromatic rings. The van der Waals surface area contributed by atoms with Gasteiger partial charge in [-0.1, -0.05) is 115 Å². The van der Waals surface area contributed by atoms with E-state index in [1.54, 1.807) is 9.13 Å². The van der Waals surface area contributed by atoms with Crippen LogP contribution in [0.25, 0.3) is 78.2 Å². The Labute approximate surface area is 265 Å². The van der Waals surface area contributed by atoms with Gasteiger partial charge >= 0.3 is 5.69 Å². The minimum absolute atomic E-state index is 0.0645. The van der Waals surface area contributed by atoms with E-state index in [1.165, 1.54) is 0 Å². The number of nitrogens with zero attached hydrogens (tertiary/aromatic N) is 5. The standard InChI is InChI=1S/C40H29N5O/c1-44-35-22-12-21-34(36(35)45(2)40(44)46)30-23-29(33-20-11-18-26-13-9-10-19-32(26)33)24-31(25-30)39-42-37(27-14-5-3-6-15-27)41-38(43-39)28-16-7-4-8-17-28/h3-25H,1-2H3. The molecule has 0 N–H and O–H groups in total. The average Bonchev–Trinajstić information content (AvgIpc) is 3.35. The molecule has 0 unspecified atom stereocenters. The number of fused-ring (bicyclic) bond motifs is 2. The Bertz CT molecular complexity index is 2400. The summed E-state index contributed by atoms with van der Waals surface area (Å²) in [4.78, 5) is 28.0. The fourth-order valence-electron chi connectivity index (χ4n) is 6.29. The molecule has 0 bridgehead atoms. The molecule has 2 aromatic heterocycles. The summed E-state index contributed by atoms with van der Waals surface area (Å²) in [5.74, 6) is 1.79. The summed E-state index contributed by atoms with van der Waals surface area (Å²) >= 11 is 0. The van der Waals surface area contributed by atoms with Gasteiger partial charge in [-0.25, -0.2) is 19.7 Å². The van der Waals surface area contributed by atoms with Crippen LogP contribution >= 0.6 is 0 Å². The van der Waals surface area contributed by atoms with Crippen LogP contribution < -0.4 is 5.69 Å². The molecule has 0 atom stereocenters. The normalized spacial score (nSPS) is 11.3. The van der Waals surface area contributed by atoms with E-state index < -0.39 is 0 Å². The molecule has 220 valence electrons. The SMILES string of the molecule is Cn1c(=O)n(C)c2c(-c3cc(-c4nc(-c5ccccc5)nc(-c5ccccc5)n4)cc(-c4cccc5ccccc45)c3)cccc21. The molecule has 0 saturated carbocycles. The Morgan fingerprint density at radius 3 is 1.63 bits per heavy atom. The third-order valence-corrected chi connectivity index (χ3v) is 8.59. The molecule has 8 rings (SSSR count). The Kier molecular flexibility index (Phi) is 6.61. The molecule has 0 amide bonds. The van der Waals surface area contributed by atoms with E-state index in [9.17, 15) is 4.79 Å². The molecule has 0 aliphatic carbocycles. The first-order chi connectivity index (χ1) is 22.5. The maximum Gasteiger partial charge on any atom is 0.328 e. The highest BCUT2D eigenvalue weighted by Gasteiger charge is 2.18. The molecule has 6 heteroatoms. The lowest BCUT2D eigenvalue weighted by Crippen LogP contribution is -2.19. The van der Waals surface area contributed by atoms with Crippen LogP contribution in [0.1, 0.15) is 0 Å².